The molecular weight excluding hydrogens is 240 g/mol. The average molecular weight is 258 g/mol. The lowest BCUT2D eigenvalue weighted by Crippen LogP contribution is -2.15. The highest BCUT2D eigenvalue weighted by atomic mass is 16.5. The molecule has 0 saturated heterocycles. The van der Waals surface area contributed by atoms with E-state index in [1.807, 2.05) is 31.2 Å². The molecule has 0 saturated carbocycles. The minimum absolute atomic E-state index is 0.0446. The lowest BCUT2D eigenvalue weighted by Gasteiger charge is -2.17. The van der Waals surface area contributed by atoms with Crippen molar-refractivity contribution in [3.05, 3.63) is 59.7 Å². The summed E-state index contributed by atoms with van der Waals surface area (Å²) in [5, 5.41) is 18.7. The molecule has 0 aliphatic carbocycles. The van der Waals surface area contributed by atoms with Crippen molar-refractivity contribution in [2.75, 3.05) is 13.2 Å². The van der Waals surface area contributed by atoms with Crippen LogP contribution in [0.5, 0.6) is 11.5 Å². The summed E-state index contributed by atoms with van der Waals surface area (Å²) in [6.45, 7) is 2.48. The zero-order valence-electron chi connectivity index (χ0n) is 10.9. The standard InChI is InChI=1S/C16H18O3/c1-12-4-2-3-5-16(12)13(10-17)11-19-15-8-6-14(18)7-9-15/h2-9,13,17-18H,10-11H2,1H3. The van der Waals surface area contributed by atoms with Gasteiger partial charge in [-0.25, -0.2) is 0 Å². The van der Waals surface area contributed by atoms with Crippen LogP contribution < -0.4 is 4.74 Å². The summed E-state index contributed by atoms with van der Waals surface area (Å²) in [7, 11) is 0. The van der Waals surface area contributed by atoms with Crippen LogP contribution in [0, 0.1) is 6.92 Å². The van der Waals surface area contributed by atoms with Crippen molar-refractivity contribution in [2.45, 2.75) is 12.8 Å². The molecule has 1 unspecified atom stereocenters. The topological polar surface area (TPSA) is 49.7 Å². The maximum atomic E-state index is 9.51. The van der Waals surface area contributed by atoms with Gasteiger partial charge in [-0.1, -0.05) is 24.3 Å². The van der Waals surface area contributed by atoms with Gasteiger partial charge >= 0.3 is 0 Å². The first-order valence-electron chi connectivity index (χ1n) is 6.29. The second kappa shape index (κ2) is 6.25. The number of aromatic hydroxyl groups is 1. The first-order chi connectivity index (χ1) is 9.20. The molecule has 19 heavy (non-hydrogen) atoms. The van der Waals surface area contributed by atoms with Crippen molar-refractivity contribution in [2.24, 2.45) is 0 Å². The molecule has 0 aliphatic heterocycles. The normalized spacial score (nSPS) is 12.1. The van der Waals surface area contributed by atoms with Gasteiger partial charge in [0.25, 0.3) is 0 Å². The van der Waals surface area contributed by atoms with Crippen LogP contribution >= 0.6 is 0 Å². The zero-order valence-corrected chi connectivity index (χ0v) is 10.9. The summed E-state index contributed by atoms with van der Waals surface area (Å²) < 4.78 is 5.65. The highest BCUT2D eigenvalue weighted by Crippen LogP contribution is 2.22. The van der Waals surface area contributed by atoms with Gasteiger partial charge < -0.3 is 14.9 Å². The molecule has 3 heteroatoms. The minimum Gasteiger partial charge on any atom is -0.508 e. The van der Waals surface area contributed by atoms with E-state index in [4.69, 9.17) is 4.74 Å². The lowest BCUT2D eigenvalue weighted by atomic mass is 9.96. The molecule has 0 spiro atoms. The van der Waals surface area contributed by atoms with Gasteiger partial charge in [-0.15, -0.1) is 0 Å². The van der Waals surface area contributed by atoms with Crippen molar-refractivity contribution in [1.82, 2.24) is 0 Å². The number of ether oxygens (including phenoxy) is 1. The molecule has 2 aromatic rings. The molecule has 0 aliphatic rings. The first kappa shape index (κ1) is 13.4. The van der Waals surface area contributed by atoms with Crippen LogP contribution in [0.15, 0.2) is 48.5 Å². The van der Waals surface area contributed by atoms with Crippen LogP contribution in [-0.2, 0) is 0 Å². The van der Waals surface area contributed by atoms with E-state index in [9.17, 15) is 10.2 Å². The number of rotatable bonds is 5. The van der Waals surface area contributed by atoms with Crippen molar-refractivity contribution < 1.29 is 14.9 Å². The molecule has 0 radical (unpaired) electrons. The number of aliphatic hydroxyl groups excluding tert-OH is 1. The largest absolute Gasteiger partial charge is 0.508 e. The fourth-order valence-electron chi connectivity index (χ4n) is 2.02. The van der Waals surface area contributed by atoms with E-state index in [2.05, 4.69) is 0 Å². The molecular formula is C16H18O3. The molecule has 0 bridgehead atoms. The first-order valence-corrected chi connectivity index (χ1v) is 6.29. The SMILES string of the molecule is Cc1ccccc1C(CO)COc1ccc(O)cc1. The molecule has 2 aromatic carbocycles. The van der Waals surface area contributed by atoms with Gasteiger partial charge in [0.1, 0.15) is 11.5 Å². The van der Waals surface area contributed by atoms with Crippen molar-refractivity contribution in [3.8, 4) is 11.5 Å². The third-order valence-electron chi connectivity index (χ3n) is 3.14. The second-order valence-corrected chi connectivity index (χ2v) is 4.54. The smallest absolute Gasteiger partial charge is 0.119 e. The number of benzene rings is 2. The molecule has 100 valence electrons. The van der Waals surface area contributed by atoms with E-state index in [0.717, 1.165) is 11.1 Å². The lowest BCUT2D eigenvalue weighted by molar-refractivity contribution is 0.204. The molecule has 0 amide bonds. The summed E-state index contributed by atoms with van der Waals surface area (Å²) in [5.41, 5.74) is 2.25. The predicted octanol–water partition coefficient (Wildman–Crippen LogP) is 2.86. The summed E-state index contributed by atoms with van der Waals surface area (Å²) >= 11 is 0. The van der Waals surface area contributed by atoms with E-state index < -0.39 is 0 Å². The van der Waals surface area contributed by atoms with Gasteiger partial charge in [0.05, 0.1) is 13.2 Å². The average Bonchev–Trinajstić information content (AvgIpc) is 2.43. The van der Waals surface area contributed by atoms with Gasteiger partial charge in [0, 0.05) is 5.92 Å². The Morgan fingerprint density at radius 3 is 2.37 bits per heavy atom. The number of aryl methyl sites for hydroxylation is 1. The maximum absolute atomic E-state index is 9.51. The summed E-state index contributed by atoms with van der Waals surface area (Å²) in [4.78, 5) is 0. The summed E-state index contributed by atoms with van der Waals surface area (Å²) in [5.74, 6) is 0.852. The maximum Gasteiger partial charge on any atom is 0.119 e. The van der Waals surface area contributed by atoms with Gasteiger partial charge in [-0.05, 0) is 42.3 Å². The van der Waals surface area contributed by atoms with E-state index in [-0.39, 0.29) is 18.3 Å². The van der Waals surface area contributed by atoms with Gasteiger partial charge in [0.2, 0.25) is 0 Å². The molecule has 0 heterocycles. The van der Waals surface area contributed by atoms with E-state index in [1.165, 1.54) is 0 Å². The molecule has 1 atom stereocenters. The summed E-state index contributed by atoms with van der Waals surface area (Å²) in [6, 6.07) is 14.6. The van der Waals surface area contributed by atoms with Crippen molar-refractivity contribution in [1.29, 1.82) is 0 Å². The Morgan fingerprint density at radius 1 is 1.05 bits per heavy atom. The third-order valence-corrected chi connectivity index (χ3v) is 3.14. The van der Waals surface area contributed by atoms with Crippen LogP contribution in [0.4, 0.5) is 0 Å². The minimum atomic E-state index is -0.0463. The van der Waals surface area contributed by atoms with Crippen LogP contribution in [-0.4, -0.2) is 23.4 Å². The Kier molecular flexibility index (Phi) is 4.42. The van der Waals surface area contributed by atoms with Crippen LogP contribution in [0.2, 0.25) is 0 Å². The Hall–Kier alpha value is -2.00. The van der Waals surface area contributed by atoms with Gasteiger partial charge in [0.15, 0.2) is 0 Å². The number of phenols is 1. The molecule has 2 N–H and O–H groups in total. The fourth-order valence-corrected chi connectivity index (χ4v) is 2.02. The Morgan fingerprint density at radius 2 is 1.74 bits per heavy atom. The Balaban J connectivity index is 2.04. The Labute approximate surface area is 113 Å². The van der Waals surface area contributed by atoms with Crippen molar-refractivity contribution >= 4 is 0 Å². The fraction of sp³-hybridized carbons (Fsp3) is 0.250. The second-order valence-electron chi connectivity index (χ2n) is 4.54. The van der Waals surface area contributed by atoms with Crippen LogP contribution in [0.25, 0.3) is 0 Å². The number of phenolic OH excluding ortho intramolecular Hbond substituents is 1. The molecule has 0 fully saturated rings. The third kappa shape index (κ3) is 3.48. The van der Waals surface area contributed by atoms with Crippen molar-refractivity contribution in [3.63, 3.8) is 0 Å². The zero-order chi connectivity index (χ0) is 13.7. The summed E-state index contributed by atoms with van der Waals surface area (Å²) in [6.07, 6.45) is 0. The van der Waals surface area contributed by atoms with Crippen LogP contribution in [0.3, 0.4) is 0 Å². The molecule has 0 aromatic heterocycles. The van der Waals surface area contributed by atoms with E-state index in [1.54, 1.807) is 24.3 Å². The Bertz CT molecular complexity index is 520. The quantitative estimate of drug-likeness (QED) is 0.867. The number of hydrogen-bond acceptors (Lipinski definition) is 3. The predicted molar refractivity (Wildman–Crippen MR) is 74.6 cm³/mol. The highest BCUT2D eigenvalue weighted by Gasteiger charge is 2.13. The van der Waals surface area contributed by atoms with Crippen LogP contribution in [0.1, 0.15) is 17.0 Å². The highest BCUT2D eigenvalue weighted by molar-refractivity contribution is 5.31. The number of hydrogen-bond donors (Lipinski definition) is 2. The van der Waals surface area contributed by atoms with Gasteiger partial charge in [-0.2, -0.15) is 0 Å². The van der Waals surface area contributed by atoms with Gasteiger partial charge in [-0.3, -0.25) is 0 Å². The molecule has 2 rings (SSSR count). The molecule has 3 nitrogen and oxygen atoms in total. The van der Waals surface area contributed by atoms with E-state index in [0.29, 0.717) is 12.4 Å². The monoisotopic (exact) mass is 258 g/mol. The van der Waals surface area contributed by atoms with E-state index >= 15 is 0 Å². The number of aliphatic hydroxyl groups is 1.